The lowest BCUT2D eigenvalue weighted by Gasteiger charge is -2.12. The molecule has 8 nitrogen and oxygen atoms in total. The van der Waals surface area contributed by atoms with Crippen molar-refractivity contribution in [2.24, 2.45) is 21.0 Å². The first kappa shape index (κ1) is 15.1. The number of rotatable bonds is 4. The Bertz CT molecular complexity index is 707. The number of benzene rings is 1. The summed E-state index contributed by atoms with van der Waals surface area (Å²) >= 11 is 0. The Morgan fingerprint density at radius 3 is 2.48 bits per heavy atom. The SMILES string of the molecule is NC(CS(N)(=O)=O)=Nc1ccc(C2=NNC(=O)CC2)cc1. The molecule has 0 atom stereocenters. The number of carbonyl (C=O) groups excluding carboxylic acids is 1. The van der Waals surface area contributed by atoms with Gasteiger partial charge in [-0.05, 0) is 17.7 Å². The predicted octanol–water partition coefficient (Wildman–Crippen LogP) is -0.422. The molecule has 1 aromatic rings. The topological polar surface area (TPSA) is 140 Å². The number of amides is 1. The zero-order valence-electron chi connectivity index (χ0n) is 11.1. The van der Waals surface area contributed by atoms with Crippen LogP contribution in [0.4, 0.5) is 5.69 Å². The first-order valence-corrected chi connectivity index (χ1v) is 7.84. The van der Waals surface area contributed by atoms with Crippen LogP contribution >= 0.6 is 0 Å². The minimum Gasteiger partial charge on any atom is -0.386 e. The maximum Gasteiger partial charge on any atom is 0.240 e. The van der Waals surface area contributed by atoms with E-state index in [9.17, 15) is 13.2 Å². The molecule has 0 spiro atoms. The molecule has 0 aliphatic carbocycles. The lowest BCUT2D eigenvalue weighted by atomic mass is 10.0. The third-order valence-corrected chi connectivity index (χ3v) is 3.42. The van der Waals surface area contributed by atoms with Crippen LogP contribution in [0.1, 0.15) is 18.4 Å². The van der Waals surface area contributed by atoms with Gasteiger partial charge in [-0.3, -0.25) is 4.79 Å². The molecule has 0 aromatic heterocycles. The van der Waals surface area contributed by atoms with Gasteiger partial charge in [-0.25, -0.2) is 24.0 Å². The molecule has 1 aliphatic heterocycles. The number of sulfonamides is 1. The quantitative estimate of drug-likeness (QED) is 0.513. The summed E-state index contributed by atoms with van der Waals surface area (Å²) in [6, 6.07) is 6.92. The molecule has 21 heavy (non-hydrogen) atoms. The summed E-state index contributed by atoms with van der Waals surface area (Å²) in [4.78, 5) is 15.0. The van der Waals surface area contributed by atoms with Crippen LogP contribution < -0.4 is 16.3 Å². The number of amidine groups is 1. The van der Waals surface area contributed by atoms with E-state index in [0.29, 0.717) is 18.5 Å². The lowest BCUT2D eigenvalue weighted by molar-refractivity contribution is -0.121. The molecule has 1 aromatic carbocycles. The molecule has 1 amide bonds. The van der Waals surface area contributed by atoms with E-state index in [1.54, 1.807) is 24.3 Å². The van der Waals surface area contributed by atoms with Crippen molar-refractivity contribution in [3.05, 3.63) is 29.8 Å². The Morgan fingerprint density at radius 1 is 1.29 bits per heavy atom. The molecule has 1 aliphatic rings. The zero-order chi connectivity index (χ0) is 15.5. The van der Waals surface area contributed by atoms with E-state index in [0.717, 1.165) is 11.3 Å². The van der Waals surface area contributed by atoms with Gasteiger partial charge in [0.15, 0.2) is 0 Å². The monoisotopic (exact) mass is 309 g/mol. The van der Waals surface area contributed by atoms with Crippen LogP contribution in [-0.2, 0) is 14.8 Å². The first-order valence-electron chi connectivity index (χ1n) is 6.13. The molecule has 0 radical (unpaired) electrons. The fourth-order valence-corrected chi connectivity index (χ4v) is 2.29. The predicted molar refractivity (Wildman–Crippen MR) is 79.6 cm³/mol. The normalized spacial score (nSPS) is 16.3. The lowest BCUT2D eigenvalue weighted by Crippen LogP contribution is -2.28. The van der Waals surface area contributed by atoms with Gasteiger partial charge < -0.3 is 5.73 Å². The van der Waals surface area contributed by atoms with Crippen LogP contribution in [0, 0.1) is 0 Å². The number of nitrogens with two attached hydrogens (primary N) is 2. The van der Waals surface area contributed by atoms with Gasteiger partial charge in [0.25, 0.3) is 0 Å². The number of nitrogens with zero attached hydrogens (tertiary/aromatic N) is 2. The molecule has 0 bridgehead atoms. The Balaban J connectivity index is 2.12. The number of aliphatic imine (C=N–C) groups is 1. The van der Waals surface area contributed by atoms with Gasteiger partial charge in [-0.1, -0.05) is 12.1 Å². The van der Waals surface area contributed by atoms with Gasteiger partial charge in [-0.15, -0.1) is 0 Å². The molecule has 0 saturated carbocycles. The molecule has 1 heterocycles. The standard InChI is InChI=1S/C12H15N5O3S/c13-11(7-21(14,19)20)15-9-3-1-8(2-4-9)10-5-6-12(18)17-16-10/h1-4H,5-7H2,(H2,13,15)(H,17,18)(H2,14,19,20). The maximum atomic E-state index is 11.0. The van der Waals surface area contributed by atoms with Crippen molar-refractivity contribution in [1.82, 2.24) is 5.43 Å². The zero-order valence-corrected chi connectivity index (χ0v) is 11.9. The van der Waals surface area contributed by atoms with Crippen LogP contribution in [0.15, 0.2) is 34.4 Å². The Kier molecular flexibility index (Phi) is 4.34. The van der Waals surface area contributed by atoms with Crippen molar-refractivity contribution in [2.45, 2.75) is 12.8 Å². The second-order valence-electron chi connectivity index (χ2n) is 4.55. The number of hydrogen-bond acceptors (Lipinski definition) is 5. The van der Waals surface area contributed by atoms with Gasteiger partial charge in [0.05, 0.1) is 11.4 Å². The summed E-state index contributed by atoms with van der Waals surface area (Å²) in [6.45, 7) is 0. The van der Waals surface area contributed by atoms with E-state index in [1.165, 1.54) is 0 Å². The van der Waals surface area contributed by atoms with Gasteiger partial charge in [0.2, 0.25) is 15.9 Å². The summed E-state index contributed by atoms with van der Waals surface area (Å²) in [7, 11) is -3.69. The van der Waals surface area contributed by atoms with E-state index < -0.39 is 15.8 Å². The molecule has 0 saturated heterocycles. The number of nitrogens with one attached hydrogen (secondary N) is 1. The average Bonchev–Trinajstić information content (AvgIpc) is 2.38. The average molecular weight is 309 g/mol. The number of primary sulfonamides is 1. The Morgan fingerprint density at radius 2 is 1.95 bits per heavy atom. The van der Waals surface area contributed by atoms with E-state index in [1.807, 2.05) is 0 Å². The summed E-state index contributed by atoms with van der Waals surface area (Å²) in [5.41, 5.74) is 10.1. The number of hydrazone groups is 1. The molecule has 112 valence electrons. The fraction of sp³-hybridized carbons (Fsp3) is 0.250. The van der Waals surface area contributed by atoms with Gasteiger partial charge in [0.1, 0.15) is 11.6 Å². The highest BCUT2D eigenvalue weighted by atomic mass is 32.2. The van der Waals surface area contributed by atoms with Gasteiger partial charge in [0, 0.05) is 12.8 Å². The molecular weight excluding hydrogens is 294 g/mol. The van der Waals surface area contributed by atoms with Crippen molar-refractivity contribution < 1.29 is 13.2 Å². The summed E-state index contributed by atoms with van der Waals surface area (Å²) < 4.78 is 21.8. The Hall–Kier alpha value is -2.26. The van der Waals surface area contributed by atoms with Crippen LogP contribution in [0.25, 0.3) is 0 Å². The fourth-order valence-electron chi connectivity index (χ4n) is 1.82. The summed E-state index contributed by atoms with van der Waals surface area (Å²) in [5, 5.41) is 8.86. The third kappa shape index (κ3) is 4.65. The van der Waals surface area contributed by atoms with Gasteiger partial charge in [-0.2, -0.15) is 5.10 Å². The minimum atomic E-state index is -3.69. The molecule has 0 unspecified atom stereocenters. The van der Waals surface area contributed by atoms with Crippen molar-refractivity contribution in [3.63, 3.8) is 0 Å². The van der Waals surface area contributed by atoms with E-state index >= 15 is 0 Å². The van der Waals surface area contributed by atoms with Gasteiger partial charge >= 0.3 is 0 Å². The second-order valence-corrected chi connectivity index (χ2v) is 6.17. The number of hydrogen-bond donors (Lipinski definition) is 3. The molecule has 9 heteroatoms. The molecule has 2 rings (SSSR count). The Labute approximate surface area is 122 Å². The van der Waals surface area contributed by atoms with Crippen LogP contribution in [0.5, 0.6) is 0 Å². The number of carbonyl (C=O) groups is 1. The molecular formula is C12H15N5O3S. The largest absolute Gasteiger partial charge is 0.386 e. The van der Waals surface area contributed by atoms with Crippen LogP contribution in [-0.4, -0.2) is 31.6 Å². The smallest absolute Gasteiger partial charge is 0.240 e. The van der Waals surface area contributed by atoms with Crippen LogP contribution in [0.3, 0.4) is 0 Å². The third-order valence-electron chi connectivity index (χ3n) is 2.73. The first-order chi connectivity index (χ1) is 9.83. The summed E-state index contributed by atoms with van der Waals surface area (Å²) in [6.07, 6.45) is 0.974. The highest BCUT2D eigenvalue weighted by Crippen LogP contribution is 2.16. The maximum absolute atomic E-state index is 11.0. The van der Waals surface area contributed by atoms with Crippen molar-refractivity contribution in [2.75, 3.05) is 5.75 Å². The second kappa shape index (κ2) is 6.02. The molecule has 5 N–H and O–H groups in total. The van der Waals surface area contributed by atoms with E-state index in [2.05, 4.69) is 15.5 Å². The highest BCUT2D eigenvalue weighted by molar-refractivity contribution is 7.89. The minimum absolute atomic E-state index is 0.0764. The van der Waals surface area contributed by atoms with Crippen molar-refractivity contribution in [3.8, 4) is 0 Å². The van der Waals surface area contributed by atoms with E-state index in [4.69, 9.17) is 10.9 Å². The highest BCUT2D eigenvalue weighted by Gasteiger charge is 2.13. The van der Waals surface area contributed by atoms with Crippen LogP contribution in [0.2, 0.25) is 0 Å². The molecule has 0 fully saturated rings. The van der Waals surface area contributed by atoms with Crippen molar-refractivity contribution >= 4 is 33.2 Å². The van der Waals surface area contributed by atoms with E-state index in [-0.39, 0.29) is 11.7 Å². The van der Waals surface area contributed by atoms with Crippen molar-refractivity contribution in [1.29, 1.82) is 0 Å². The summed E-state index contributed by atoms with van der Waals surface area (Å²) in [5.74, 6) is -0.670.